The summed E-state index contributed by atoms with van der Waals surface area (Å²) in [6.07, 6.45) is 1.73. The minimum atomic E-state index is -0.548. The zero-order chi connectivity index (χ0) is 24.5. The number of nitrogens with two attached hydrogens (primary N) is 1. The van der Waals surface area contributed by atoms with Crippen molar-refractivity contribution in [2.24, 2.45) is 5.73 Å². The van der Waals surface area contributed by atoms with Crippen LogP contribution in [0.3, 0.4) is 0 Å². The highest BCUT2D eigenvalue weighted by atomic mass is 79.9. The van der Waals surface area contributed by atoms with Crippen LogP contribution in [0.5, 0.6) is 0 Å². The summed E-state index contributed by atoms with van der Waals surface area (Å²) in [5.41, 5.74) is 14.0. The zero-order valence-electron chi connectivity index (χ0n) is 19.0. The molecule has 0 saturated heterocycles. The van der Waals surface area contributed by atoms with Gasteiger partial charge in [0.05, 0.1) is 0 Å². The number of pyridine rings is 1. The van der Waals surface area contributed by atoms with Crippen LogP contribution in [0.15, 0.2) is 77.4 Å². The first kappa shape index (κ1) is 22.8. The molecule has 0 unspecified atom stereocenters. The first-order valence-electron chi connectivity index (χ1n) is 11.1. The number of nitrogens with one attached hydrogen (secondary N) is 1. The Labute approximate surface area is 211 Å². The highest BCUT2D eigenvalue weighted by Crippen LogP contribution is 2.45. The Morgan fingerprint density at radius 1 is 1.03 bits per heavy atom. The fourth-order valence-corrected chi connectivity index (χ4v) is 4.93. The van der Waals surface area contributed by atoms with Crippen LogP contribution in [-0.2, 0) is 17.8 Å². The van der Waals surface area contributed by atoms with E-state index in [1.165, 1.54) is 0 Å². The van der Waals surface area contributed by atoms with Crippen LogP contribution in [-0.4, -0.2) is 17.0 Å². The summed E-state index contributed by atoms with van der Waals surface area (Å²) in [7, 11) is 0. The molecule has 0 radical (unpaired) electrons. The Morgan fingerprint density at radius 3 is 2.60 bits per heavy atom. The van der Waals surface area contributed by atoms with Crippen LogP contribution in [0.4, 0.5) is 10.5 Å². The molecular formula is C28H22BrN3O3. The first-order chi connectivity index (χ1) is 16.9. The molecule has 7 heteroatoms. The summed E-state index contributed by atoms with van der Waals surface area (Å²) in [6, 6.07) is 21.3. The SMILES string of the molecule is Cc1c(NC(=O)OCc2ccccc2)cccc1-c1cnc(C(N)=O)c2c1-c1ccc(Br)cc1C2. The van der Waals surface area contributed by atoms with Crippen molar-refractivity contribution in [1.29, 1.82) is 0 Å². The Hall–Kier alpha value is -3.97. The Bertz CT molecular complexity index is 1470. The van der Waals surface area contributed by atoms with Gasteiger partial charge in [0.1, 0.15) is 12.3 Å². The van der Waals surface area contributed by atoms with E-state index < -0.39 is 12.0 Å². The molecule has 1 heterocycles. The monoisotopic (exact) mass is 527 g/mol. The van der Waals surface area contributed by atoms with Crippen molar-refractivity contribution in [2.45, 2.75) is 20.0 Å². The van der Waals surface area contributed by atoms with Crippen molar-refractivity contribution in [3.63, 3.8) is 0 Å². The predicted octanol–water partition coefficient (Wildman–Crippen LogP) is 6.24. The molecular weight excluding hydrogens is 506 g/mol. The van der Waals surface area contributed by atoms with Crippen LogP contribution in [0.25, 0.3) is 22.3 Å². The van der Waals surface area contributed by atoms with E-state index in [1.54, 1.807) is 6.20 Å². The number of hydrogen-bond acceptors (Lipinski definition) is 4. The third-order valence-electron chi connectivity index (χ3n) is 6.19. The van der Waals surface area contributed by atoms with Crippen LogP contribution >= 0.6 is 15.9 Å². The van der Waals surface area contributed by atoms with Crippen LogP contribution < -0.4 is 11.1 Å². The highest BCUT2D eigenvalue weighted by Gasteiger charge is 2.28. The normalized spacial score (nSPS) is 11.5. The summed E-state index contributed by atoms with van der Waals surface area (Å²) >= 11 is 3.53. The third kappa shape index (κ3) is 4.42. The van der Waals surface area contributed by atoms with Crippen molar-refractivity contribution in [1.82, 2.24) is 4.98 Å². The molecule has 3 aromatic carbocycles. The Morgan fingerprint density at radius 2 is 1.83 bits per heavy atom. The van der Waals surface area contributed by atoms with Gasteiger partial charge in [-0.2, -0.15) is 0 Å². The molecule has 0 aliphatic heterocycles. The standard InChI is InChI=1S/C28H22BrN3O3/c1-16-20(8-5-9-24(16)32-28(34)35-15-17-6-3-2-4-7-17)23-14-31-26(27(30)33)22-13-18-12-19(29)10-11-21(18)25(22)23/h2-12,14H,13,15H2,1H3,(H2,30,33)(H,32,34). The second-order valence-corrected chi connectivity index (χ2v) is 9.30. The maximum Gasteiger partial charge on any atom is 0.411 e. The quantitative estimate of drug-likeness (QED) is 0.283. The van der Waals surface area contributed by atoms with Crippen molar-refractivity contribution >= 4 is 33.6 Å². The Balaban J connectivity index is 1.50. The first-order valence-corrected chi connectivity index (χ1v) is 11.9. The van der Waals surface area contributed by atoms with Crippen LogP contribution in [0.1, 0.15) is 32.7 Å². The highest BCUT2D eigenvalue weighted by molar-refractivity contribution is 9.10. The number of aromatic nitrogens is 1. The topological polar surface area (TPSA) is 94.3 Å². The van der Waals surface area contributed by atoms with E-state index in [0.29, 0.717) is 12.1 Å². The van der Waals surface area contributed by atoms with Crippen LogP contribution in [0, 0.1) is 6.92 Å². The molecule has 0 fully saturated rings. The molecule has 4 aromatic rings. The number of primary amides is 1. The van der Waals surface area contributed by atoms with Gasteiger partial charge in [0, 0.05) is 28.3 Å². The third-order valence-corrected chi connectivity index (χ3v) is 6.68. The summed E-state index contributed by atoms with van der Waals surface area (Å²) in [6.45, 7) is 2.12. The summed E-state index contributed by atoms with van der Waals surface area (Å²) in [4.78, 5) is 29.0. The van der Waals surface area contributed by atoms with E-state index in [9.17, 15) is 9.59 Å². The second-order valence-electron chi connectivity index (χ2n) is 8.38. The van der Waals surface area contributed by atoms with Crippen LogP contribution in [0.2, 0.25) is 0 Å². The number of hydrogen-bond donors (Lipinski definition) is 2. The summed E-state index contributed by atoms with van der Waals surface area (Å²) in [5.74, 6) is -0.548. The van der Waals surface area contributed by atoms with Gasteiger partial charge in [-0.1, -0.05) is 64.5 Å². The minimum Gasteiger partial charge on any atom is -0.444 e. The maximum absolute atomic E-state index is 12.5. The molecule has 1 aliphatic carbocycles. The van der Waals surface area contributed by atoms with Crippen molar-refractivity contribution in [3.05, 3.63) is 105 Å². The number of anilines is 1. The van der Waals surface area contributed by atoms with E-state index in [-0.39, 0.29) is 12.3 Å². The van der Waals surface area contributed by atoms with Gasteiger partial charge in [-0.05, 0) is 64.1 Å². The molecule has 0 atom stereocenters. The van der Waals surface area contributed by atoms with Gasteiger partial charge in [0.2, 0.25) is 0 Å². The summed E-state index contributed by atoms with van der Waals surface area (Å²) in [5, 5.41) is 2.85. The number of carbonyl (C=O) groups is 2. The smallest absolute Gasteiger partial charge is 0.411 e. The molecule has 6 nitrogen and oxygen atoms in total. The summed E-state index contributed by atoms with van der Waals surface area (Å²) < 4.78 is 6.36. The molecule has 5 rings (SSSR count). The number of rotatable bonds is 5. The molecule has 1 aliphatic rings. The fourth-order valence-electron chi connectivity index (χ4n) is 4.52. The number of halogens is 1. The molecule has 3 N–H and O–H groups in total. The van der Waals surface area contributed by atoms with Crippen molar-refractivity contribution in [3.8, 4) is 22.3 Å². The lowest BCUT2D eigenvalue weighted by molar-refractivity contribution is 0.0994. The van der Waals surface area contributed by atoms with E-state index in [2.05, 4.69) is 32.3 Å². The van der Waals surface area contributed by atoms with E-state index in [1.807, 2.05) is 67.6 Å². The molecule has 2 amide bonds. The molecule has 1 aromatic heterocycles. The number of amides is 2. The van der Waals surface area contributed by atoms with Gasteiger partial charge in [-0.25, -0.2) is 4.79 Å². The predicted molar refractivity (Wildman–Crippen MR) is 139 cm³/mol. The minimum absolute atomic E-state index is 0.184. The lowest BCUT2D eigenvalue weighted by Crippen LogP contribution is -2.16. The molecule has 0 saturated carbocycles. The number of carbonyl (C=O) groups excluding carboxylic acids is 2. The van der Waals surface area contributed by atoms with Crippen molar-refractivity contribution < 1.29 is 14.3 Å². The van der Waals surface area contributed by atoms with Crippen molar-refractivity contribution in [2.75, 3.05) is 5.32 Å². The number of nitrogens with zero attached hydrogens (tertiary/aromatic N) is 1. The van der Waals surface area contributed by atoms with Gasteiger partial charge in [-0.3, -0.25) is 15.1 Å². The number of fused-ring (bicyclic) bond motifs is 3. The van der Waals surface area contributed by atoms with Gasteiger partial charge < -0.3 is 10.5 Å². The van der Waals surface area contributed by atoms with Gasteiger partial charge in [0.25, 0.3) is 5.91 Å². The van der Waals surface area contributed by atoms with E-state index in [4.69, 9.17) is 10.5 Å². The average Bonchev–Trinajstić information content (AvgIpc) is 3.22. The van der Waals surface area contributed by atoms with Gasteiger partial charge >= 0.3 is 6.09 Å². The Kier molecular flexibility index (Phi) is 6.09. The molecule has 0 spiro atoms. The second kappa shape index (κ2) is 9.35. The molecule has 35 heavy (non-hydrogen) atoms. The van der Waals surface area contributed by atoms with E-state index >= 15 is 0 Å². The van der Waals surface area contributed by atoms with Gasteiger partial charge in [0.15, 0.2) is 0 Å². The lowest BCUT2D eigenvalue weighted by atomic mass is 9.92. The largest absolute Gasteiger partial charge is 0.444 e. The van der Waals surface area contributed by atoms with Gasteiger partial charge in [-0.15, -0.1) is 0 Å². The average molecular weight is 528 g/mol. The fraction of sp³-hybridized carbons (Fsp3) is 0.107. The number of benzene rings is 3. The van der Waals surface area contributed by atoms with E-state index in [0.717, 1.165) is 49.0 Å². The number of ether oxygens (including phenoxy) is 1. The molecule has 174 valence electrons. The zero-order valence-corrected chi connectivity index (χ0v) is 20.6. The lowest BCUT2D eigenvalue weighted by Gasteiger charge is -2.16. The maximum atomic E-state index is 12.5. The molecule has 0 bridgehead atoms.